The zero-order valence-electron chi connectivity index (χ0n) is 33.9. The molecule has 0 aliphatic rings. The Morgan fingerprint density at radius 3 is 1.16 bits per heavy atom. The van der Waals surface area contributed by atoms with Crippen LogP contribution in [0, 0.1) is 37.5 Å². The van der Waals surface area contributed by atoms with Crippen molar-refractivity contribution in [2.45, 2.75) is 13.8 Å². The van der Waals surface area contributed by atoms with Crippen molar-refractivity contribution < 1.29 is 9.47 Å². The number of hydrogen-bond acceptors (Lipinski definition) is 8. The second-order valence-electron chi connectivity index (χ2n) is 14.7. The molecule has 4 aromatic heterocycles. The van der Waals surface area contributed by atoms with Gasteiger partial charge in [0, 0.05) is 56.2 Å². The summed E-state index contributed by atoms with van der Waals surface area (Å²) in [5.41, 5.74) is 21.1. The van der Waals surface area contributed by atoms with Crippen LogP contribution in [0.2, 0.25) is 0 Å². The van der Waals surface area contributed by atoms with Gasteiger partial charge in [0.25, 0.3) is 0 Å². The van der Waals surface area contributed by atoms with Gasteiger partial charge in [-0.3, -0.25) is 9.97 Å². The summed E-state index contributed by atoms with van der Waals surface area (Å²) in [5.74, 6) is 16.8. The van der Waals surface area contributed by atoms with Crippen molar-refractivity contribution in [2.75, 3.05) is 11.5 Å². The number of nitrogen functional groups attached to an aromatic ring is 2. The monoisotopic (exact) mass is 802 g/mol. The first-order chi connectivity index (χ1) is 30.3. The fraction of sp³-hybridized carbons (Fsp3) is 0.0370. The van der Waals surface area contributed by atoms with E-state index in [-0.39, 0.29) is 0 Å². The largest absolute Gasteiger partial charge is 0.457 e. The van der Waals surface area contributed by atoms with E-state index in [1.54, 1.807) is 12.4 Å². The molecule has 0 aliphatic carbocycles. The lowest BCUT2D eigenvalue weighted by atomic mass is 10.1. The summed E-state index contributed by atoms with van der Waals surface area (Å²) >= 11 is 0. The van der Waals surface area contributed by atoms with Crippen LogP contribution >= 0.6 is 0 Å². The van der Waals surface area contributed by atoms with E-state index in [4.69, 9.17) is 20.9 Å². The molecule has 296 valence electrons. The lowest BCUT2D eigenvalue weighted by Gasteiger charge is -2.07. The molecule has 8 heteroatoms. The fourth-order valence-corrected chi connectivity index (χ4v) is 6.92. The lowest BCUT2D eigenvalue weighted by molar-refractivity contribution is 0.482. The van der Waals surface area contributed by atoms with Crippen molar-refractivity contribution in [3.8, 4) is 46.7 Å². The van der Waals surface area contributed by atoms with Crippen molar-refractivity contribution in [3.05, 3.63) is 203 Å². The van der Waals surface area contributed by atoms with Gasteiger partial charge in [0.1, 0.15) is 34.0 Å². The minimum Gasteiger partial charge on any atom is -0.457 e. The molecule has 0 saturated heterocycles. The van der Waals surface area contributed by atoms with Crippen molar-refractivity contribution in [1.82, 2.24) is 19.9 Å². The van der Waals surface area contributed by atoms with Gasteiger partial charge >= 0.3 is 0 Å². The van der Waals surface area contributed by atoms with Crippen LogP contribution in [0.5, 0.6) is 23.0 Å². The molecule has 6 aromatic carbocycles. The number of nitrogens with zero attached hydrogens (tertiary/aromatic N) is 4. The van der Waals surface area contributed by atoms with E-state index in [2.05, 4.69) is 67.9 Å². The molecule has 0 spiro atoms. The van der Waals surface area contributed by atoms with Crippen molar-refractivity contribution >= 4 is 55.2 Å². The molecule has 0 amide bonds. The minimum atomic E-state index is 0.432. The molecule has 0 aliphatic heterocycles. The molecular weight excluding hydrogens is 765 g/mol. The summed E-state index contributed by atoms with van der Waals surface area (Å²) in [6, 6.07) is 51.2. The molecule has 10 aromatic rings. The van der Waals surface area contributed by atoms with Crippen LogP contribution in [0.25, 0.3) is 43.6 Å². The van der Waals surface area contributed by atoms with E-state index in [1.807, 2.05) is 147 Å². The molecule has 4 heterocycles. The second kappa shape index (κ2) is 17.2. The van der Waals surface area contributed by atoms with Gasteiger partial charge in [0.2, 0.25) is 0 Å². The van der Waals surface area contributed by atoms with Gasteiger partial charge in [-0.15, -0.1) is 0 Å². The number of rotatable bonds is 4. The number of pyridine rings is 4. The zero-order chi connectivity index (χ0) is 42.4. The van der Waals surface area contributed by atoms with Gasteiger partial charge < -0.3 is 20.9 Å². The first-order valence-corrected chi connectivity index (χ1v) is 19.9. The molecule has 4 N–H and O–H groups in total. The Balaban J connectivity index is 0.000000158. The predicted molar refractivity (Wildman–Crippen MR) is 250 cm³/mol. The van der Waals surface area contributed by atoms with Gasteiger partial charge in [-0.05, 0) is 122 Å². The Labute approximate surface area is 358 Å². The average molecular weight is 803 g/mol. The SMILES string of the molecule is Cc1ccc2c(c1)nc(N)c1ncc(C#Cc3ccc(Oc4ccccc4)cc3)cc12.Cc1ccc2c(c1)nc(N)c1ncc(C#Cc3ccc(Oc4ccccc4)cc3)cc12. The summed E-state index contributed by atoms with van der Waals surface area (Å²) in [6.07, 6.45) is 3.47. The number of para-hydroxylation sites is 2. The van der Waals surface area contributed by atoms with E-state index in [0.717, 1.165) is 89.0 Å². The number of aryl methyl sites for hydroxylation is 2. The molecule has 0 radical (unpaired) electrons. The Hall–Kier alpha value is -8.72. The van der Waals surface area contributed by atoms with Gasteiger partial charge in [-0.25, -0.2) is 9.97 Å². The summed E-state index contributed by atoms with van der Waals surface area (Å²) in [4.78, 5) is 18.0. The number of hydrogen-bond donors (Lipinski definition) is 2. The highest BCUT2D eigenvalue weighted by Crippen LogP contribution is 2.30. The van der Waals surface area contributed by atoms with Crippen molar-refractivity contribution in [3.63, 3.8) is 0 Å². The molecule has 62 heavy (non-hydrogen) atoms. The average Bonchev–Trinajstić information content (AvgIpc) is 3.29. The summed E-state index contributed by atoms with van der Waals surface area (Å²) < 4.78 is 11.7. The minimum absolute atomic E-state index is 0.432. The smallest absolute Gasteiger partial charge is 0.150 e. The summed E-state index contributed by atoms with van der Waals surface area (Å²) in [5, 5.41) is 3.96. The molecule has 0 fully saturated rings. The Morgan fingerprint density at radius 1 is 0.387 bits per heavy atom. The summed E-state index contributed by atoms with van der Waals surface area (Å²) in [6.45, 7) is 4.08. The maximum atomic E-state index is 6.14. The number of benzene rings is 6. The van der Waals surface area contributed by atoms with E-state index >= 15 is 0 Å². The van der Waals surface area contributed by atoms with Crippen LogP contribution in [0.1, 0.15) is 33.4 Å². The Morgan fingerprint density at radius 2 is 0.758 bits per heavy atom. The van der Waals surface area contributed by atoms with Crippen LogP contribution in [0.15, 0.2) is 170 Å². The van der Waals surface area contributed by atoms with Crippen LogP contribution in [0.3, 0.4) is 0 Å². The predicted octanol–water partition coefficient (Wildman–Crippen LogP) is 11.7. The van der Waals surface area contributed by atoms with Gasteiger partial charge in [0.05, 0.1) is 11.0 Å². The molecule has 0 unspecified atom stereocenters. The molecular formula is C54H38N6O2. The van der Waals surface area contributed by atoms with E-state index < -0.39 is 0 Å². The Kier molecular flexibility index (Phi) is 10.8. The topological polar surface area (TPSA) is 122 Å². The molecule has 0 atom stereocenters. The fourth-order valence-electron chi connectivity index (χ4n) is 6.92. The standard InChI is InChI=1S/2C27H19N3O/c2*1-18-7-14-23-24-16-20(17-29-26(24)27(28)30-25(23)15-18)9-8-19-10-12-22(13-11-19)31-21-5-3-2-4-6-21/h2*2-7,10-17H,1H3,(H2,28,30). The van der Waals surface area contributed by atoms with E-state index in [1.165, 1.54) is 0 Å². The zero-order valence-corrected chi connectivity index (χ0v) is 33.9. The molecule has 8 nitrogen and oxygen atoms in total. The lowest BCUT2D eigenvalue weighted by Crippen LogP contribution is -1.96. The van der Waals surface area contributed by atoms with Crippen molar-refractivity contribution in [1.29, 1.82) is 0 Å². The molecule has 0 saturated carbocycles. The highest BCUT2D eigenvalue weighted by Gasteiger charge is 2.10. The van der Waals surface area contributed by atoms with E-state index in [0.29, 0.717) is 22.7 Å². The third-order valence-electron chi connectivity index (χ3n) is 10.00. The maximum absolute atomic E-state index is 6.14. The molecule has 0 bridgehead atoms. The van der Waals surface area contributed by atoms with Gasteiger partial charge in [-0.1, -0.05) is 84.3 Å². The number of anilines is 2. The van der Waals surface area contributed by atoms with E-state index in [9.17, 15) is 0 Å². The first kappa shape index (κ1) is 38.8. The second-order valence-corrected chi connectivity index (χ2v) is 14.7. The number of fused-ring (bicyclic) bond motifs is 6. The highest BCUT2D eigenvalue weighted by atomic mass is 16.5. The first-order valence-electron chi connectivity index (χ1n) is 19.9. The van der Waals surface area contributed by atoms with Gasteiger partial charge in [0.15, 0.2) is 11.6 Å². The third-order valence-corrected chi connectivity index (χ3v) is 10.00. The van der Waals surface area contributed by atoms with Crippen LogP contribution < -0.4 is 20.9 Å². The molecule has 10 rings (SSSR count). The van der Waals surface area contributed by atoms with Crippen LogP contribution in [-0.2, 0) is 0 Å². The number of aromatic nitrogens is 4. The highest BCUT2D eigenvalue weighted by molar-refractivity contribution is 6.09. The number of nitrogens with two attached hydrogens (primary N) is 2. The van der Waals surface area contributed by atoms with Crippen LogP contribution in [-0.4, -0.2) is 19.9 Å². The quantitative estimate of drug-likeness (QED) is 0.133. The van der Waals surface area contributed by atoms with Gasteiger partial charge in [-0.2, -0.15) is 0 Å². The maximum Gasteiger partial charge on any atom is 0.150 e. The normalized spacial score (nSPS) is 10.6. The van der Waals surface area contributed by atoms with Crippen LogP contribution in [0.4, 0.5) is 11.6 Å². The number of ether oxygens (including phenoxy) is 2. The van der Waals surface area contributed by atoms with Crippen molar-refractivity contribution in [2.24, 2.45) is 0 Å². The summed E-state index contributed by atoms with van der Waals surface area (Å²) in [7, 11) is 0. The Bertz CT molecular complexity index is 3160. The third kappa shape index (κ3) is 8.81.